The number of nitrogens with two attached hydrogens (primary N) is 1. The third-order valence-corrected chi connectivity index (χ3v) is 3.32. The van der Waals surface area contributed by atoms with Crippen LogP contribution < -0.4 is 10.5 Å². The van der Waals surface area contributed by atoms with Crippen LogP contribution in [0.2, 0.25) is 0 Å². The summed E-state index contributed by atoms with van der Waals surface area (Å²) in [6, 6.07) is 5.84. The lowest BCUT2D eigenvalue weighted by atomic mass is 10.1. The molecule has 1 aromatic heterocycles. The molecular formula is C13H15N3O. The van der Waals surface area contributed by atoms with Crippen molar-refractivity contribution in [3.8, 4) is 5.75 Å². The monoisotopic (exact) mass is 229 g/mol. The first-order valence-corrected chi connectivity index (χ1v) is 5.75. The standard InChI is InChI=1S/C13H15N3O/c1-8-11-9(4-3-5-10(11)17-2)16-12(15-8)13(14)6-7-13/h3-5H,6-7,14H2,1-2H3. The molecule has 1 heterocycles. The fourth-order valence-electron chi connectivity index (χ4n) is 2.08. The van der Waals surface area contributed by atoms with Gasteiger partial charge >= 0.3 is 0 Å². The zero-order valence-electron chi connectivity index (χ0n) is 10.0. The van der Waals surface area contributed by atoms with Crippen molar-refractivity contribution in [3.05, 3.63) is 29.7 Å². The fourth-order valence-corrected chi connectivity index (χ4v) is 2.08. The van der Waals surface area contributed by atoms with Gasteiger partial charge in [0.25, 0.3) is 0 Å². The Morgan fingerprint density at radius 3 is 2.71 bits per heavy atom. The van der Waals surface area contributed by atoms with Crippen molar-refractivity contribution in [3.63, 3.8) is 0 Å². The summed E-state index contributed by atoms with van der Waals surface area (Å²) in [6.45, 7) is 1.97. The molecule has 0 radical (unpaired) electrons. The van der Waals surface area contributed by atoms with Crippen LogP contribution in [0.3, 0.4) is 0 Å². The Bertz CT molecular complexity index is 590. The summed E-state index contributed by atoms with van der Waals surface area (Å²) in [5.41, 5.74) is 7.69. The topological polar surface area (TPSA) is 61.0 Å². The second-order valence-corrected chi connectivity index (χ2v) is 4.64. The van der Waals surface area contributed by atoms with Gasteiger partial charge < -0.3 is 10.5 Å². The van der Waals surface area contributed by atoms with Crippen molar-refractivity contribution in [1.29, 1.82) is 0 Å². The van der Waals surface area contributed by atoms with Gasteiger partial charge in [-0.3, -0.25) is 0 Å². The van der Waals surface area contributed by atoms with Crippen LogP contribution in [0.1, 0.15) is 24.4 Å². The summed E-state index contributed by atoms with van der Waals surface area (Å²) >= 11 is 0. The van der Waals surface area contributed by atoms with Crippen molar-refractivity contribution >= 4 is 10.9 Å². The molecule has 0 bridgehead atoms. The van der Waals surface area contributed by atoms with Crippen LogP contribution in [0.15, 0.2) is 18.2 Å². The first-order chi connectivity index (χ1) is 8.14. The molecule has 0 amide bonds. The summed E-state index contributed by atoms with van der Waals surface area (Å²) in [4.78, 5) is 9.09. The molecule has 1 aliphatic carbocycles. The van der Waals surface area contributed by atoms with Crippen LogP contribution >= 0.6 is 0 Å². The molecule has 0 spiro atoms. The van der Waals surface area contributed by atoms with Gasteiger partial charge in [-0.25, -0.2) is 9.97 Å². The highest BCUT2D eigenvalue weighted by molar-refractivity contribution is 5.87. The van der Waals surface area contributed by atoms with E-state index in [2.05, 4.69) is 9.97 Å². The van der Waals surface area contributed by atoms with E-state index in [9.17, 15) is 0 Å². The second-order valence-electron chi connectivity index (χ2n) is 4.64. The number of hydrogen-bond acceptors (Lipinski definition) is 4. The number of rotatable bonds is 2. The fraction of sp³-hybridized carbons (Fsp3) is 0.385. The highest BCUT2D eigenvalue weighted by Gasteiger charge is 2.43. The van der Waals surface area contributed by atoms with Crippen LogP contribution in [0.5, 0.6) is 5.75 Å². The summed E-state index contributed by atoms with van der Waals surface area (Å²) in [5, 5.41) is 0.975. The zero-order valence-corrected chi connectivity index (χ0v) is 10.0. The van der Waals surface area contributed by atoms with Crippen LogP contribution in [-0.2, 0) is 5.54 Å². The van der Waals surface area contributed by atoms with Gasteiger partial charge in [0, 0.05) is 0 Å². The summed E-state index contributed by atoms with van der Waals surface area (Å²) in [5.74, 6) is 1.57. The predicted octanol–water partition coefficient (Wildman–Crippen LogP) is 1.89. The molecule has 0 unspecified atom stereocenters. The lowest BCUT2D eigenvalue weighted by molar-refractivity contribution is 0.419. The van der Waals surface area contributed by atoms with E-state index in [1.807, 2.05) is 25.1 Å². The van der Waals surface area contributed by atoms with Crippen LogP contribution in [0, 0.1) is 6.92 Å². The molecule has 0 saturated heterocycles. The molecule has 4 heteroatoms. The van der Waals surface area contributed by atoms with E-state index in [-0.39, 0.29) is 5.54 Å². The van der Waals surface area contributed by atoms with E-state index < -0.39 is 0 Å². The lowest BCUT2D eigenvalue weighted by Gasteiger charge is -2.12. The molecule has 0 atom stereocenters. The lowest BCUT2D eigenvalue weighted by Crippen LogP contribution is -2.22. The number of hydrogen-bond donors (Lipinski definition) is 1. The number of benzene rings is 1. The first-order valence-electron chi connectivity index (χ1n) is 5.75. The van der Waals surface area contributed by atoms with Gasteiger partial charge in [-0.1, -0.05) is 6.07 Å². The molecule has 1 aliphatic rings. The Morgan fingerprint density at radius 1 is 1.29 bits per heavy atom. The number of aryl methyl sites for hydroxylation is 1. The molecule has 2 N–H and O–H groups in total. The van der Waals surface area contributed by atoms with Gasteiger partial charge in [0.1, 0.15) is 11.6 Å². The Hall–Kier alpha value is -1.68. The number of aromatic nitrogens is 2. The Labute approximate surface area is 99.8 Å². The van der Waals surface area contributed by atoms with Crippen molar-refractivity contribution in [1.82, 2.24) is 9.97 Å². The number of nitrogens with zero attached hydrogens (tertiary/aromatic N) is 2. The van der Waals surface area contributed by atoms with Gasteiger partial charge in [-0.15, -0.1) is 0 Å². The molecule has 88 valence electrons. The summed E-state index contributed by atoms with van der Waals surface area (Å²) < 4.78 is 5.34. The minimum Gasteiger partial charge on any atom is -0.496 e. The maximum Gasteiger partial charge on any atom is 0.149 e. The number of ether oxygens (including phenoxy) is 1. The molecule has 17 heavy (non-hydrogen) atoms. The van der Waals surface area contributed by atoms with E-state index in [1.54, 1.807) is 7.11 Å². The Kier molecular flexibility index (Phi) is 2.10. The molecule has 1 aromatic carbocycles. The first kappa shape index (κ1) is 10.5. The van der Waals surface area contributed by atoms with Crippen molar-refractivity contribution in [2.75, 3.05) is 7.11 Å². The van der Waals surface area contributed by atoms with E-state index in [4.69, 9.17) is 10.5 Å². The maximum absolute atomic E-state index is 6.14. The molecular weight excluding hydrogens is 214 g/mol. The Morgan fingerprint density at radius 2 is 2.06 bits per heavy atom. The largest absolute Gasteiger partial charge is 0.496 e. The van der Waals surface area contributed by atoms with Gasteiger partial charge in [0.2, 0.25) is 0 Å². The van der Waals surface area contributed by atoms with Crippen LogP contribution in [0.25, 0.3) is 10.9 Å². The van der Waals surface area contributed by atoms with Crippen molar-refractivity contribution in [2.45, 2.75) is 25.3 Å². The Balaban J connectivity index is 2.27. The normalized spacial score (nSPS) is 17.1. The SMILES string of the molecule is COc1cccc2nc(C3(N)CC3)nc(C)c12. The number of methoxy groups -OCH3 is 1. The van der Waals surface area contributed by atoms with E-state index >= 15 is 0 Å². The van der Waals surface area contributed by atoms with Crippen molar-refractivity contribution in [2.24, 2.45) is 5.73 Å². The van der Waals surface area contributed by atoms with E-state index in [1.165, 1.54) is 0 Å². The van der Waals surface area contributed by atoms with E-state index in [0.717, 1.165) is 41.0 Å². The van der Waals surface area contributed by atoms with Crippen LogP contribution in [-0.4, -0.2) is 17.1 Å². The maximum atomic E-state index is 6.14. The quantitative estimate of drug-likeness (QED) is 0.854. The van der Waals surface area contributed by atoms with Gasteiger partial charge in [0.15, 0.2) is 0 Å². The predicted molar refractivity (Wildman–Crippen MR) is 65.9 cm³/mol. The summed E-state index contributed by atoms with van der Waals surface area (Å²) in [6.07, 6.45) is 1.95. The second kappa shape index (κ2) is 3.40. The average Bonchev–Trinajstić information content (AvgIpc) is 3.07. The van der Waals surface area contributed by atoms with Gasteiger partial charge in [0.05, 0.1) is 29.2 Å². The molecule has 0 aliphatic heterocycles. The highest BCUT2D eigenvalue weighted by Crippen LogP contribution is 2.41. The molecule has 1 saturated carbocycles. The molecule has 4 nitrogen and oxygen atoms in total. The van der Waals surface area contributed by atoms with E-state index in [0.29, 0.717) is 0 Å². The molecule has 1 fully saturated rings. The zero-order chi connectivity index (χ0) is 12.0. The highest BCUT2D eigenvalue weighted by atomic mass is 16.5. The minimum absolute atomic E-state index is 0.290. The minimum atomic E-state index is -0.290. The van der Waals surface area contributed by atoms with Gasteiger partial charge in [-0.05, 0) is 31.9 Å². The number of fused-ring (bicyclic) bond motifs is 1. The third kappa shape index (κ3) is 1.56. The van der Waals surface area contributed by atoms with Crippen molar-refractivity contribution < 1.29 is 4.74 Å². The van der Waals surface area contributed by atoms with Gasteiger partial charge in [-0.2, -0.15) is 0 Å². The smallest absolute Gasteiger partial charge is 0.149 e. The van der Waals surface area contributed by atoms with Crippen LogP contribution in [0.4, 0.5) is 0 Å². The molecule has 2 aromatic rings. The average molecular weight is 229 g/mol. The summed E-state index contributed by atoms with van der Waals surface area (Å²) in [7, 11) is 1.66. The molecule has 3 rings (SSSR count). The third-order valence-electron chi connectivity index (χ3n) is 3.32.